The van der Waals surface area contributed by atoms with Crippen LogP contribution in [0.4, 0.5) is 5.69 Å². The molecule has 0 bridgehead atoms. The Hall–Kier alpha value is -0.840. The molecule has 0 amide bonds. The van der Waals surface area contributed by atoms with E-state index < -0.39 is 0 Å². The summed E-state index contributed by atoms with van der Waals surface area (Å²) in [5.74, 6) is 0. The molecule has 2 aromatic rings. The largest absolute Gasteiger partial charge is 0.388 e. The molecule has 0 saturated carbocycles. The summed E-state index contributed by atoms with van der Waals surface area (Å²) in [4.78, 5) is 3.59. The van der Waals surface area contributed by atoms with Gasteiger partial charge in [-0.15, -0.1) is 11.3 Å². The Balaban J connectivity index is 2.41. The van der Waals surface area contributed by atoms with Gasteiger partial charge in [-0.2, -0.15) is 0 Å². The number of halogens is 1. The molecule has 1 unspecified atom stereocenters. The minimum absolute atomic E-state index is 0.301. The topological polar surface area (TPSA) is 15.3 Å². The van der Waals surface area contributed by atoms with Crippen LogP contribution in [-0.2, 0) is 0 Å². The fraction of sp³-hybridized carbons (Fsp3) is 0.286. The highest BCUT2D eigenvalue weighted by Gasteiger charge is 2.18. The van der Waals surface area contributed by atoms with E-state index in [9.17, 15) is 0 Å². The van der Waals surface area contributed by atoms with Crippen molar-refractivity contribution in [2.75, 3.05) is 26.5 Å². The first-order valence-corrected chi connectivity index (χ1v) is 7.47. The molecule has 2 nitrogen and oxygen atoms in total. The highest BCUT2D eigenvalue weighted by Crippen LogP contribution is 2.33. The van der Waals surface area contributed by atoms with Gasteiger partial charge in [0.25, 0.3) is 0 Å². The van der Waals surface area contributed by atoms with Gasteiger partial charge < -0.3 is 5.32 Å². The molecule has 0 spiro atoms. The molecule has 0 saturated heterocycles. The summed E-state index contributed by atoms with van der Waals surface area (Å²) in [6.45, 7) is 0. The van der Waals surface area contributed by atoms with E-state index in [1.807, 2.05) is 7.05 Å². The fourth-order valence-corrected chi connectivity index (χ4v) is 3.72. The first kappa shape index (κ1) is 13.6. The van der Waals surface area contributed by atoms with Crippen molar-refractivity contribution in [2.45, 2.75) is 6.04 Å². The molecule has 1 aromatic carbocycles. The lowest BCUT2D eigenvalue weighted by molar-refractivity contribution is 0.346. The Morgan fingerprint density at radius 3 is 2.61 bits per heavy atom. The van der Waals surface area contributed by atoms with Gasteiger partial charge >= 0.3 is 0 Å². The van der Waals surface area contributed by atoms with Gasteiger partial charge in [-0.05, 0) is 53.8 Å². The second-order valence-corrected chi connectivity index (χ2v) is 6.27. The molecule has 96 valence electrons. The zero-order valence-electron chi connectivity index (χ0n) is 10.8. The SMILES string of the molecule is CNc1cccc(C(c2cc(Br)cs2)N(C)C)c1. The van der Waals surface area contributed by atoms with Crippen LogP contribution in [0.25, 0.3) is 0 Å². The standard InChI is InChI=1S/C14H17BrN2S/c1-16-12-6-4-5-10(7-12)14(17(2)3)13-8-11(15)9-18-13/h4-9,14,16H,1-3H3. The second-order valence-electron chi connectivity index (χ2n) is 4.41. The molecular formula is C14H17BrN2S. The van der Waals surface area contributed by atoms with E-state index in [1.54, 1.807) is 11.3 Å². The van der Waals surface area contributed by atoms with Crippen LogP contribution in [-0.4, -0.2) is 26.0 Å². The minimum Gasteiger partial charge on any atom is -0.388 e. The van der Waals surface area contributed by atoms with Crippen molar-refractivity contribution in [3.8, 4) is 0 Å². The lowest BCUT2D eigenvalue weighted by Crippen LogP contribution is -2.20. The molecule has 0 aliphatic rings. The van der Waals surface area contributed by atoms with Crippen LogP contribution in [0.15, 0.2) is 40.2 Å². The van der Waals surface area contributed by atoms with Crippen molar-refractivity contribution < 1.29 is 0 Å². The van der Waals surface area contributed by atoms with Crippen molar-refractivity contribution >= 4 is 33.0 Å². The summed E-state index contributed by atoms with van der Waals surface area (Å²) < 4.78 is 1.15. The quantitative estimate of drug-likeness (QED) is 0.906. The van der Waals surface area contributed by atoms with E-state index in [1.165, 1.54) is 10.4 Å². The average Bonchev–Trinajstić information content (AvgIpc) is 2.75. The Labute approximate surface area is 121 Å². The molecular weight excluding hydrogens is 308 g/mol. The van der Waals surface area contributed by atoms with E-state index >= 15 is 0 Å². The third kappa shape index (κ3) is 2.94. The second kappa shape index (κ2) is 5.87. The van der Waals surface area contributed by atoms with Gasteiger partial charge in [0.1, 0.15) is 0 Å². The Morgan fingerprint density at radius 2 is 2.06 bits per heavy atom. The van der Waals surface area contributed by atoms with Crippen molar-refractivity contribution in [3.05, 3.63) is 50.6 Å². The lowest BCUT2D eigenvalue weighted by atomic mass is 10.0. The number of nitrogens with one attached hydrogen (secondary N) is 1. The van der Waals surface area contributed by atoms with Gasteiger partial charge in [-0.3, -0.25) is 4.90 Å². The van der Waals surface area contributed by atoms with Crippen LogP contribution < -0.4 is 5.32 Å². The number of nitrogens with zero attached hydrogens (tertiary/aromatic N) is 1. The van der Waals surface area contributed by atoms with Crippen LogP contribution >= 0.6 is 27.3 Å². The minimum atomic E-state index is 0.301. The summed E-state index contributed by atoms with van der Waals surface area (Å²) in [5.41, 5.74) is 2.45. The molecule has 0 fully saturated rings. The number of hydrogen-bond acceptors (Lipinski definition) is 3. The Morgan fingerprint density at radius 1 is 1.28 bits per heavy atom. The molecule has 2 rings (SSSR count). The van der Waals surface area contributed by atoms with E-state index in [2.05, 4.69) is 76.0 Å². The summed E-state index contributed by atoms with van der Waals surface area (Å²) in [6, 6.07) is 11.1. The lowest BCUT2D eigenvalue weighted by Gasteiger charge is -2.24. The first-order valence-electron chi connectivity index (χ1n) is 5.80. The normalized spacial score (nSPS) is 12.7. The van der Waals surface area contributed by atoms with E-state index in [0.717, 1.165) is 10.2 Å². The summed E-state index contributed by atoms with van der Waals surface area (Å²) in [6.07, 6.45) is 0. The van der Waals surface area contributed by atoms with Crippen LogP contribution in [0, 0.1) is 0 Å². The van der Waals surface area contributed by atoms with Gasteiger partial charge in [-0.1, -0.05) is 12.1 Å². The van der Waals surface area contributed by atoms with Crippen molar-refractivity contribution in [3.63, 3.8) is 0 Å². The van der Waals surface area contributed by atoms with Gasteiger partial charge in [0.15, 0.2) is 0 Å². The maximum absolute atomic E-state index is 3.53. The molecule has 1 aromatic heterocycles. The number of benzene rings is 1. The van der Waals surface area contributed by atoms with E-state index in [-0.39, 0.29) is 0 Å². The maximum atomic E-state index is 3.53. The summed E-state index contributed by atoms with van der Waals surface area (Å²) in [7, 11) is 6.18. The predicted molar refractivity (Wildman–Crippen MR) is 83.5 cm³/mol. The molecule has 1 N–H and O–H groups in total. The summed E-state index contributed by atoms with van der Waals surface area (Å²) >= 11 is 5.32. The molecule has 0 aliphatic heterocycles. The van der Waals surface area contributed by atoms with Crippen LogP contribution in [0.2, 0.25) is 0 Å². The van der Waals surface area contributed by atoms with E-state index in [4.69, 9.17) is 0 Å². The van der Waals surface area contributed by atoms with Gasteiger partial charge in [0.05, 0.1) is 6.04 Å². The molecule has 18 heavy (non-hydrogen) atoms. The smallest absolute Gasteiger partial charge is 0.0692 e. The number of anilines is 1. The number of thiophene rings is 1. The third-order valence-electron chi connectivity index (χ3n) is 2.86. The highest BCUT2D eigenvalue weighted by atomic mass is 79.9. The van der Waals surface area contributed by atoms with Gasteiger partial charge in [0.2, 0.25) is 0 Å². The van der Waals surface area contributed by atoms with Gasteiger partial charge in [-0.25, -0.2) is 0 Å². The number of rotatable bonds is 4. The molecule has 0 aliphatic carbocycles. The van der Waals surface area contributed by atoms with Crippen LogP contribution in [0.1, 0.15) is 16.5 Å². The third-order valence-corrected chi connectivity index (χ3v) is 4.61. The van der Waals surface area contributed by atoms with Gasteiger partial charge in [0, 0.05) is 27.5 Å². The van der Waals surface area contributed by atoms with Crippen molar-refractivity contribution in [1.82, 2.24) is 4.90 Å². The number of hydrogen-bond donors (Lipinski definition) is 1. The maximum Gasteiger partial charge on any atom is 0.0692 e. The molecule has 1 atom stereocenters. The Kier molecular flexibility index (Phi) is 4.43. The summed E-state index contributed by atoms with van der Waals surface area (Å²) in [5, 5.41) is 5.33. The Bertz CT molecular complexity index is 522. The molecule has 4 heteroatoms. The predicted octanol–water partition coefficient (Wildman–Crippen LogP) is 4.20. The molecule has 1 heterocycles. The molecule has 0 radical (unpaired) electrons. The van der Waals surface area contributed by atoms with Crippen molar-refractivity contribution in [1.29, 1.82) is 0 Å². The highest BCUT2D eigenvalue weighted by molar-refractivity contribution is 9.10. The fourth-order valence-electron chi connectivity index (χ4n) is 2.05. The van der Waals surface area contributed by atoms with Crippen molar-refractivity contribution in [2.24, 2.45) is 0 Å². The first-order chi connectivity index (χ1) is 8.61. The average molecular weight is 325 g/mol. The van der Waals surface area contributed by atoms with Crippen LogP contribution in [0.3, 0.4) is 0 Å². The zero-order chi connectivity index (χ0) is 13.1. The van der Waals surface area contributed by atoms with Crippen LogP contribution in [0.5, 0.6) is 0 Å². The van der Waals surface area contributed by atoms with E-state index in [0.29, 0.717) is 6.04 Å². The monoisotopic (exact) mass is 324 g/mol. The zero-order valence-corrected chi connectivity index (χ0v) is 13.2.